The topological polar surface area (TPSA) is 21.6 Å². The van der Waals surface area contributed by atoms with Crippen LogP contribution in [0, 0.1) is 17.8 Å². The lowest BCUT2D eigenvalue weighted by atomic mass is 10.2. The van der Waals surface area contributed by atoms with Crippen LogP contribution >= 0.6 is 0 Å². The Bertz CT molecular complexity index is 296. The van der Waals surface area contributed by atoms with E-state index in [-0.39, 0.29) is 6.04 Å². The third kappa shape index (κ3) is 0.978. The molecule has 0 aromatic carbocycles. The van der Waals surface area contributed by atoms with E-state index in [9.17, 15) is 0 Å². The van der Waals surface area contributed by atoms with Gasteiger partial charge in [-0.2, -0.15) is 0 Å². The Morgan fingerprint density at radius 1 is 1.23 bits per heavy atom. The molecule has 2 aliphatic carbocycles. The monoisotopic (exact) mass is 175 g/mol. The summed E-state index contributed by atoms with van der Waals surface area (Å²) < 4.78 is 5.57. The second kappa shape index (κ2) is 2.47. The predicted octanol–water partition coefficient (Wildman–Crippen LogP) is 1.79. The van der Waals surface area contributed by atoms with E-state index in [1.54, 1.807) is 0 Å². The molecule has 2 heterocycles. The van der Waals surface area contributed by atoms with Crippen molar-refractivity contribution in [2.75, 3.05) is 6.61 Å². The van der Waals surface area contributed by atoms with E-state index >= 15 is 0 Å². The molecule has 13 heavy (non-hydrogen) atoms. The maximum atomic E-state index is 5.57. The molecule has 1 saturated carbocycles. The molecule has 0 spiro atoms. The average Bonchev–Trinajstić information content (AvgIpc) is 2.81. The SMILES string of the molecule is CCOC1=NC2C=C[C@@H]3C1[C@@H]3C=C2. The van der Waals surface area contributed by atoms with Crippen molar-refractivity contribution in [2.24, 2.45) is 22.7 Å². The first-order valence-electron chi connectivity index (χ1n) is 4.97. The summed E-state index contributed by atoms with van der Waals surface area (Å²) in [5.41, 5.74) is 0. The Morgan fingerprint density at radius 2 is 1.92 bits per heavy atom. The standard InChI is InChI=1S/C11H13NO/c1-2-13-11-10-8-5-3-7(12-11)4-6-9(8)10/h3-10H,2H2,1H3/t7?,8-,9+,10?. The number of aliphatic imine (C=N–C) groups is 1. The minimum absolute atomic E-state index is 0.238. The van der Waals surface area contributed by atoms with Crippen molar-refractivity contribution in [3.8, 4) is 0 Å². The minimum atomic E-state index is 0.238. The minimum Gasteiger partial charge on any atom is -0.481 e. The van der Waals surface area contributed by atoms with Crippen LogP contribution in [-0.2, 0) is 4.74 Å². The molecule has 0 radical (unpaired) electrons. The summed E-state index contributed by atoms with van der Waals surface area (Å²) in [6.45, 7) is 2.76. The molecule has 68 valence electrons. The maximum absolute atomic E-state index is 5.57. The van der Waals surface area contributed by atoms with Gasteiger partial charge in [-0.15, -0.1) is 0 Å². The normalized spacial score (nSPS) is 43.9. The first-order valence-corrected chi connectivity index (χ1v) is 4.97. The van der Waals surface area contributed by atoms with Crippen molar-refractivity contribution in [3.63, 3.8) is 0 Å². The molecule has 0 aromatic heterocycles. The van der Waals surface area contributed by atoms with Crippen LogP contribution < -0.4 is 0 Å². The molecular formula is C11H13NO. The Balaban J connectivity index is 1.95. The summed E-state index contributed by atoms with van der Waals surface area (Å²) in [5, 5.41) is 0. The van der Waals surface area contributed by atoms with Crippen LogP contribution in [0.3, 0.4) is 0 Å². The smallest absolute Gasteiger partial charge is 0.188 e. The molecule has 4 bridgehead atoms. The summed E-state index contributed by atoms with van der Waals surface area (Å²) in [5.74, 6) is 2.89. The molecule has 4 aliphatic rings. The first-order chi connectivity index (χ1) is 6.40. The van der Waals surface area contributed by atoms with Crippen molar-refractivity contribution in [1.29, 1.82) is 0 Å². The molecule has 0 amide bonds. The zero-order valence-corrected chi connectivity index (χ0v) is 7.68. The van der Waals surface area contributed by atoms with Crippen molar-refractivity contribution in [1.82, 2.24) is 0 Å². The highest BCUT2D eigenvalue weighted by molar-refractivity contribution is 5.85. The van der Waals surface area contributed by atoms with Crippen LogP contribution in [-0.4, -0.2) is 18.5 Å². The highest BCUT2D eigenvalue weighted by Crippen LogP contribution is 2.52. The van der Waals surface area contributed by atoms with E-state index in [0.29, 0.717) is 17.8 Å². The molecule has 2 heteroatoms. The van der Waals surface area contributed by atoms with E-state index in [2.05, 4.69) is 29.3 Å². The van der Waals surface area contributed by atoms with Gasteiger partial charge < -0.3 is 4.74 Å². The molecule has 0 N–H and O–H groups in total. The number of hydrogen-bond acceptors (Lipinski definition) is 2. The fraction of sp³-hybridized carbons (Fsp3) is 0.545. The van der Waals surface area contributed by atoms with E-state index in [1.807, 2.05) is 6.92 Å². The lowest BCUT2D eigenvalue weighted by molar-refractivity contribution is 0.311. The summed E-state index contributed by atoms with van der Waals surface area (Å²) in [7, 11) is 0. The Morgan fingerprint density at radius 3 is 2.54 bits per heavy atom. The molecule has 0 aromatic rings. The van der Waals surface area contributed by atoms with E-state index in [4.69, 9.17) is 4.74 Å². The van der Waals surface area contributed by atoms with E-state index < -0.39 is 0 Å². The molecular weight excluding hydrogens is 162 g/mol. The molecule has 4 rings (SSSR count). The van der Waals surface area contributed by atoms with Crippen molar-refractivity contribution < 1.29 is 4.74 Å². The second-order valence-corrected chi connectivity index (χ2v) is 3.84. The molecule has 4 atom stereocenters. The number of ether oxygens (including phenoxy) is 1. The molecule has 2 aliphatic heterocycles. The average molecular weight is 175 g/mol. The highest BCUT2D eigenvalue weighted by atomic mass is 16.5. The van der Waals surface area contributed by atoms with Gasteiger partial charge in [0.15, 0.2) is 5.90 Å². The Hall–Kier alpha value is -1.05. The van der Waals surface area contributed by atoms with Crippen LogP contribution in [0.1, 0.15) is 6.92 Å². The lowest BCUT2D eigenvalue weighted by Gasteiger charge is -2.06. The number of rotatable bonds is 1. The van der Waals surface area contributed by atoms with Gasteiger partial charge in [-0.25, -0.2) is 4.99 Å². The van der Waals surface area contributed by atoms with Crippen LogP contribution in [0.25, 0.3) is 0 Å². The summed E-state index contributed by atoms with van der Waals surface area (Å²) in [6.07, 6.45) is 8.98. The summed E-state index contributed by atoms with van der Waals surface area (Å²) in [4.78, 5) is 4.57. The Kier molecular flexibility index (Phi) is 1.40. The second-order valence-electron chi connectivity index (χ2n) is 3.84. The van der Waals surface area contributed by atoms with Gasteiger partial charge in [-0.05, 0) is 18.8 Å². The largest absolute Gasteiger partial charge is 0.481 e. The van der Waals surface area contributed by atoms with Gasteiger partial charge >= 0.3 is 0 Å². The number of hydrogen-bond donors (Lipinski definition) is 0. The van der Waals surface area contributed by atoms with E-state index in [0.717, 1.165) is 12.5 Å². The third-order valence-electron chi connectivity index (χ3n) is 3.05. The molecule has 1 fully saturated rings. The predicted molar refractivity (Wildman–Crippen MR) is 51.6 cm³/mol. The number of allylic oxidation sites excluding steroid dienone is 2. The van der Waals surface area contributed by atoms with Crippen LogP contribution in [0.4, 0.5) is 0 Å². The zero-order chi connectivity index (χ0) is 8.84. The fourth-order valence-corrected chi connectivity index (χ4v) is 2.33. The van der Waals surface area contributed by atoms with E-state index in [1.165, 1.54) is 0 Å². The highest BCUT2D eigenvalue weighted by Gasteiger charge is 2.53. The van der Waals surface area contributed by atoms with Crippen LogP contribution in [0.5, 0.6) is 0 Å². The summed E-state index contributed by atoms with van der Waals surface area (Å²) >= 11 is 0. The van der Waals surface area contributed by atoms with Crippen molar-refractivity contribution in [2.45, 2.75) is 13.0 Å². The molecule has 2 nitrogen and oxygen atoms in total. The summed E-state index contributed by atoms with van der Waals surface area (Å²) in [6, 6.07) is 0.238. The van der Waals surface area contributed by atoms with Gasteiger partial charge in [0.2, 0.25) is 0 Å². The quantitative estimate of drug-likeness (QED) is 0.557. The van der Waals surface area contributed by atoms with Crippen molar-refractivity contribution in [3.05, 3.63) is 24.3 Å². The Labute approximate surface area is 78.0 Å². The van der Waals surface area contributed by atoms with Gasteiger partial charge in [-0.3, -0.25) is 0 Å². The molecule has 0 saturated heterocycles. The zero-order valence-electron chi connectivity index (χ0n) is 7.68. The van der Waals surface area contributed by atoms with Gasteiger partial charge in [0.05, 0.1) is 12.6 Å². The lowest BCUT2D eigenvalue weighted by Crippen LogP contribution is -2.10. The molecule has 2 unspecified atom stereocenters. The number of nitrogens with zero attached hydrogens (tertiary/aromatic N) is 1. The fourth-order valence-electron chi connectivity index (χ4n) is 2.33. The maximum Gasteiger partial charge on any atom is 0.188 e. The van der Waals surface area contributed by atoms with Crippen LogP contribution in [0.2, 0.25) is 0 Å². The third-order valence-corrected chi connectivity index (χ3v) is 3.05. The van der Waals surface area contributed by atoms with Crippen LogP contribution in [0.15, 0.2) is 29.3 Å². The first kappa shape index (κ1) is 7.36. The van der Waals surface area contributed by atoms with Gasteiger partial charge in [0.1, 0.15) is 0 Å². The van der Waals surface area contributed by atoms with Gasteiger partial charge in [-0.1, -0.05) is 24.3 Å². The van der Waals surface area contributed by atoms with Crippen molar-refractivity contribution >= 4 is 5.90 Å². The van der Waals surface area contributed by atoms with Gasteiger partial charge in [0, 0.05) is 5.92 Å². The van der Waals surface area contributed by atoms with Gasteiger partial charge in [0.25, 0.3) is 0 Å².